The van der Waals surface area contributed by atoms with Crippen LogP contribution in [0, 0.1) is 0 Å². The van der Waals surface area contributed by atoms with E-state index >= 15 is 0 Å². The SMILES string of the molecule is CO[C@@H]1C(OC(=O)c2ccccc2)[C@H](O[C@H]2[C@H]3OC(c4ccccc4)OCC3O[C@@H](OCc3ccccc3)C2(O)O)OC2COC(c3ccccc3)O[C@@H]21. The molecule has 54 heavy (non-hydrogen) atoms. The van der Waals surface area contributed by atoms with Gasteiger partial charge in [0.25, 0.3) is 0 Å². The third-order valence-corrected chi connectivity index (χ3v) is 9.90. The van der Waals surface area contributed by atoms with Gasteiger partial charge in [-0.2, -0.15) is 0 Å². The van der Waals surface area contributed by atoms with Crippen LogP contribution in [-0.4, -0.2) is 97.6 Å². The maximum atomic E-state index is 13.7. The summed E-state index contributed by atoms with van der Waals surface area (Å²) in [4.78, 5) is 13.7. The molecule has 5 unspecified atom stereocenters. The first-order valence-corrected chi connectivity index (χ1v) is 17.9. The normalized spacial score (nSPS) is 33.2. The van der Waals surface area contributed by atoms with Crippen LogP contribution >= 0.6 is 0 Å². The fraction of sp³-hybridized carbons (Fsp3) is 0.390. The lowest BCUT2D eigenvalue weighted by Crippen LogP contribution is -2.72. The van der Waals surface area contributed by atoms with Crippen molar-refractivity contribution in [2.45, 2.75) is 80.3 Å². The highest BCUT2D eigenvalue weighted by Crippen LogP contribution is 2.43. The van der Waals surface area contributed by atoms with Crippen molar-refractivity contribution in [2.24, 2.45) is 0 Å². The summed E-state index contributed by atoms with van der Waals surface area (Å²) >= 11 is 0. The number of carbonyl (C=O) groups excluding carboxylic acids is 1. The molecular formula is C41H42O13. The lowest BCUT2D eigenvalue weighted by Gasteiger charge is -2.53. The lowest BCUT2D eigenvalue weighted by molar-refractivity contribution is -0.458. The molecule has 0 radical (unpaired) electrons. The van der Waals surface area contributed by atoms with E-state index in [2.05, 4.69) is 0 Å². The van der Waals surface area contributed by atoms with Crippen molar-refractivity contribution >= 4 is 5.97 Å². The van der Waals surface area contributed by atoms with Gasteiger partial charge in [-0.3, -0.25) is 0 Å². The quantitative estimate of drug-likeness (QED) is 0.177. The predicted molar refractivity (Wildman–Crippen MR) is 187 cm³/mol. The average Bonchev–Trinajstić information content (AvgIpc) is 3.22. The summed E-state index contributed by atoms with van der Waals surface area (Å²) < 4.78 is 62.3. The van der Waals surface area contributed by atoms with E-state index in [0.29, 0.717) is 5.56 Å². The first-order chi connectivity index (χ1) is 26.4. The molecule has 4 aliphatic rings. The highest BCUT2D eigenvalue weighted by atomic mass is 16.8. The number of fused-ring (bicyclic) bond motifs is 2. The van der Waals surface area contributed by atoms with E-state index < -0.39 is 79.6 Å². The molecule has 4 heterocycles. The molecular weight excluding hydrogens is 700 g/mol. The number of rotatable bonds is 10. The Morgan fingerprint density at radius 1 is 0.685 bits per heavy atom. The molecule has 0 aliphatic carbocycles. The monoisotopic (exact) mass is 742 g/mol. The van der Waals surface area contributed by atoms with Crippen LogP contribution in [-0.2, 0) is 54.0 Å². The van der Waals surface area contributed by atoms with Gasteiger partial charge in [-0.1, -0.05) is 109 Å². The molecule has 4 aromatic rings. The molecule has 0 spiro atoms. The van der Waals surface area contributed by atoms with Gasteiger partial charge in [0, 0.05) is 18.2 Å². The standard InChI is InChI=1S/C41H42O13/c1-45-33-31-29(23-46-37(52-31)27-18-10-4-11-19-27)49-39(34(33)51-36(42)26-16-8-3-9-17-26)54-35-32-30(24-47-38(53-32)28-20-12-5-13-21-28)50-40(41(35,43)44)48-22-25-14-6-2-7-15-25/h2-21,29-35,37-40,43-44H,22-24H2,1H3/t29?,30?,31-,32-,33-,34?,35-,37?,38?,39-,40+/m0/s1. The summed E-state index contributed by atoms with van der Waals surface area (Å²) in [6, 6.07) is 36.3. The van der Waals surface area contributed by atoms with Gasteiger partial charge in [0.15, 0.2) is 25.0 Å². The fourth-order valence-electron chi connectivity index (χ4n) is 7.17. The Hall–Kier alpha value is -4.09. The summed E-state index contributed by atoms with van der Waals surface area (Å²) in [5.41, 5.74) is 2.54. The zero-order valence-electron chi connectivity index (χ0n) is 29.4. The van der Waals surface area contributed by atoms with E-state index in [0.717, 1.165) is 11.1 Å². The molecule has 13 nitrogen and oxygen atoms in total. The summed E-state index contributed by atoms with van der Waals surface area (Å²) in [6.07, 6.45) is -12.0. The topological polar surface area (TPSA) is 150 Å². The van der Waals surface area contributed by atoms with E-state index in [4.69, 9.17) is 47.4 Å². The summed E-state index contributed by atoms with van der Waals surface area (Å²) in [6.45, 7) is 0.0733. The minimum Gasteiger partial charge on any atom is -0.450 e. The van der Waals surface area contributed by atoms with E-state index in [-0.39, 0.29) is 25.4 Å². The molecule has 0 saturated carbocycles. The van der Waals surface area contributed by atoms with Crippen LogP contribution < -0.4 is 0 Å². The minimum absolute atomic E-state index is 0.00313. The zero-order valence-corrected chi connectivity index (χ0v) is 29.4. The molecule has 0 aromatic heterocycles. The van der Waals surface area contributed by atoms with Crippen LogP contribution in [0.25, 0.3) is 0 Å². The Morgan fingerprint density at radius 2 is 1.22 bits per heavy atom. The lowest BCUT2D eigenvalue weighted by atomic mass is 9.93. The third-order valence-electron chi connectivity index (χ3n) is 9.90. The van der Waals surface area contributed by atoms with Gasteiger partial charge in [-0.05, 0) is 17.7 Å². The van der Waals surface area contributed by atoms with Crippen LogP contribution in [0.1, 0.15) is 39.6 Å². The number of methoxy groups -OCH3 is 1. The molecule has 4 aliphatic heterocycles. The Labute approximate surface area is 312 Å². The average molecular weight is 743 g/mol. The maximum Gasteiger partial charge on any atom is 0.338 e. The molecule has 11 atom stereocenters. The van der Waals surface area contributed by atoms with Crippen LogP contribution in [0.5, 0.6) is 0 Å². The molecule has 2 N–H and O–H groups in total. The van der Waals surface area contributed by atoms with Gasteiger partial charge in [-0.25, -0.2) is 4.79 Å². The molecule has 0 amide bonds. The number of hydrogen-bond acceptors (Lipinski definition) is 13. The highest BCUT2D eigenvalue weighted by Gasteiger charge is 2.62. The van der Waals surface area contributed by atoms with E-state index in [1.165, 1.54) is 7.11 Å². The summed E-state index contributed by atoms with van der Waals surface area (Å²) in [7, 11) is 1.47. The number of ether oxygens (including phenoxy) is 10. The van der Waals surface area contributed by atoms with E-state index in [9.17, 15) is 15.0 Å². The Morgan fingerprint density at radius 3 is 1.81 bits per heavy atom. The largest absolute Gasteiger partial charge is 0.450 e. The van der Waals surface area contributed by atoms with Crippen molar-refractivity contribution in [3.8, 4) is 0 Å². The first kappa shape index (κ1) is 36.9. The van der Waals surface area contributed by atoms with Gasteiger partial charge in [-0.15, -0.1) is 0 Å². The predicted octanol–water partition coefficient (Wildman–Crippen LogP) is 4.19. The van der Waals surface area contributed by atoms with E-state index in [1.807, 2.05) is 91.0 Å². The number of benzene rings is 4. The van der Waals surface area contributed by atoms with Gasteiger partial charge < -0.3 is 57.6 Å². The van der Waals surface area contributed by atoms with Gasteiger partial charge >= 0.3 is 5.97 Å². The number of esters is 1. The number of aliphatic hydroxyl groups is 2. The number of carbonyl (C=O) groups is 1. The van der Waals surface area contributed by atoms with Crippen LogP contribution in [0.2, 0.25) is 0 Å². The molecule has 4 fully saturated rings. The van der Waals surface area contributed by atoms with Crippen LogP contribution in [0.15, 0.2) is 121 Å². The van der Waals surface area contributed by atoms with Gasteiger partial charge in [0.2, 0.25) is 12.1 Å². The van der Waals surface area contributed by atoms with Crippen molar-refractivity contribution in [2.75, 3.05) is 20.3 Å². The van der Waals surface area contributed by atoms with Crippen molar-refractivity contribution in [1.29, 1.82) is 0 Å². The Kier molecular flexibility index (Phi) is 11.1. The van der Waals surface area contributed by atoms with Gasteiger partial charge in [0.1, 0.15) is 36.6 Å². The van der Waals surface area contributed by atoms with Crippen molar-refractivity contribution in [3.05, 3.63) is 144 Å². The van der Waals surface area contributed by atoms with E-state index in [1.54, 1.807) is 30.3 Å². The molecule has 13 heteroatoms. The summed E-state index contributed by atoms with van der Waals surface area (Å²) in [5.74, 6) is -3.49. The smallest absolute Gasteiger partial charge is 0.338 e. The second kappa shape index (κ2) is 16.3. The molecule has 4 saturated heterocycles. The number of hydrogen-bond donors (Lipinski definition) is 2. The second-order valence-corrected chi connectivity index (χ2v) is 13.5. The second-order valence-electron chi connectivity index (χ2n) is 13.5. The maximum absolute atomic E-state index is 13.7. The Balaban J connectivity index is 1.11. The Bertz CT molecular complexity index is 1800. The molecule has 8 rings (SSSR count). The van der Waals surface area contributed by atoms with Crippen molar-refractivity contribution < 1.29 is 62.4 Å². The fourth-order valence-corrected chi connectivity index (χ4v) is 7.17. The zero-order chi connectivity index (χ0) is 37.1. The molecule has 284 valence electrons. The first-order valence-electron chi connectivity index (χ1n) is 17.9. The third kappa shape index (κ3) is 7.71. The van der Waals surface area contributed by atoms with Gasteiger partial charge in [0.05, 0.1) is 25.4 Å². The van der Waals surface area contributed by atoms with Crippen LogP contribution in [0.3, 0.4) is 0 Å². The van der Waals surface area contributed by atoms with Crippen molar-refractivity contribution in [3.63, 3.8) is 0 Å². The highest BCUT2D eigenvalue weighted by molar-refractivity contribution is 5.89. The van der Waals surface area contributed by atoms with Crippen molar-refractivity contribution in [1.82, 2.24) is 0 Å². The summed E-state index contributed by atoms with van der Waals surface area (Å²) in [5, 5.41) is 24.0. The minimum atomic E-state index is -2.82. The van der Waals surface area contributed by atoms with Crippen LogP contribution in [0.4, 0.5) is 0 Å². The molecule has 0 bridgehead atoms. The molecule has 4 aromatic carbocycles.